The number of hydrogen-bond donors (Lipinski definition) is 1. The van der Waals surface area contributed by atoms with Gasteiger partial charge in [-0.2, -0.15) is 0 Å². The molecule has 2 rings (SSSR count). The summed E-state index contributed by atoms with van der Waals surface area (Å²) >= 11 is 0. The lowest BCUT2D eigenvalue weighted by atomic mass is 10.1. The SMILES string of the molecule is CCCCN(Cc1ccc(F)c(CN)c1)c1ccccc1. The van der Waals surface area contributed by atoms with Crippen LogP contribution in [0.15, 0.2) is 48.5 Å². The highest BCUT2D eigenvalue weighted by atomic mass is 19.1. The van der Waals surface area contributed by atoms with E-state index in [9.17, 15) is 4.39 Å². The van der Waals surface area contributed by atoms with Gasteiger partial charge in [-0.05, 0) is 36.2 Å². The van der Waals surface area contributed by atoms with E-state index >= 15 is 0 Å². The highest BCUT2D eigenvalue weighted by molar-refractivity contribution is 5.46. The quantitative estimate of drug-likeness (QED) is 0.830. The molecule has 0 saturated carbocycles. The molecule has 2 nitrogen and oxygen atoms in total. The van der Waals surface area contributed by atoms with E-state index in [0.29, 0.717) is 5.56 Å². The van der Waals surface area contributed by atoms with Gasteiger partial charge < -0.3 is 10.6 Å². The van der Waals surface area contributed by atoms with Crippen LogP contribution in [0.1, 0.15) is 30.9 Å². The van der Waals surface area contributed by atoms with Crippen LogP contribution in [0.3, 0.4) is 0 Å². The van der Waals surface area contributed by atoms with E-state index in [1.807, 2.05) is 30.3 Å². The Bertz CT molecular complexity index is 554. The number of nitrogens with zero attached hydrogens (tertiary/aromatic N) is 1. The van der Waals surface area contributed by atoms with E-state index in [4.69, 9.17) is 5.73 Å². The topological polar surface area (TPSA) is 29.3 Å². The summed E-state index contributed by atoms with van der Waals surface area (Å²) in [5, 5.41) is 0. The minimum atomic E-state index is -0.221. The van der Waals surface area contributed by atoms with Crippen molar-refractivity contribution in [2.24, 2.45) is 5.73 Å². The van der Waals surface area contributed by atoms with Gasteiger partial charge in [0, 0.05) is 30.9 Å². The first kappa shape index (κ1) is 15.5. The molecule has 0 aliphatic rings. The number of anilines is 1. The van der Waals surface area contributed by atoms with E-state index in [1.165, 1.54) is 11.8 Å². The molecule has 0 bridgehead atoms. The molecule has 0 amide bonds. The number of para-hydroxylation sites is 1. The Morgan fingerprint density at radius 1 is 1.10 bits per heavy atom. The molecule has 0 heterocycles. The summed E-state index contributed by atoms with van der Waals surface area (Å²) < 4.78 is 13.5. The van der Waals surface area contributed by atoms with Crippen LogP contribution < -0.4 is 10.6 Å². The largest absolute Gasteiger partial charge is 0.367 e. The molecule has 0 radical (unpaired) electrons. The van der Waals surface area contributed by atoms with Crippen LogP contribution >= 0.6 is 0 Å². The molecule has 0 aliphatic heterocycles. The van der Waals surface area contributed by atoms with Crippen molar-refractivity contribution in [3.63, 3.8) is 0 Å². The number of unbranched alkanes of at least 4 members (excludes halogenated alkanes) is 1. The van der Waals surface area contributed by atoms with Gasteiger partial charge in [0.2, 0.25) is 0 Å². The molecule has 2 aromatic rings. The third-order valence-electron chi connectivity index (χ3n) is 3.61. The Morgan fingerprint density at radius 2 is 1.86 bits per heavy atom. The fourth-order valence-corrected chi connectivity index (χ4v) is 2.39. The smallest absolute Gasteiger partial charge is 0.127 e. The second-order valence-electron chi connectivity index (χ2n) is 5.24. The van der Waals surface area contributed by atoms with Crippen molar-refractivity contribution < 1.29 is 4.39 Å². The molecule has 21 heavy (non-hydrogen) atoms. The molecule has 0 atom stereocenters. The van der Waals surface area contributed by atoms with Crippen LogP contribution in [0.2, 0.25) is 0 Å². The standard InChI is InChI=1S/C18H23FN2/c1-2-3-11-21(17-7-5-4-6-8-17)14-15-9-10-18(19)16(12-15)13-20/h4-10,12H,2-3,11,13-14,20H2,1H3. The lowest BCUT2D eigenvalue weighted by molar-refractivity contribution is 0.609. The molecule has 2 N–H and O–H groups in total. The first-order valence-electron chi connectivity index (χ1n) is 7.52. The van der Waals surface area contributed by atoms with Gasteiger partial charge in [0.1, 0.15) is 5.82 Å². The summed E-state index contributed by atoms with van der Waals surface area (Å²) in [4.78, 5) is 2.33. The number of halogens is 1. The maximum atomic E-state index is 13.5. The number of benzene rings is 2. The fourth-order valence-electron chi connectivity index (χ4n) is 2.39. The van der Waals surface area contributed by atoms with E-state index in [-0.39, 0.29) is 12.4 Å². The van der Waals surface area contributed by atoms with Gasteiger partial charge in [0.15, 0.2) is 0 Å². The zero-order chi connectivity index (χ0) is 15.1. The minimum Gasteiger partial charge on any atom is -0.367 e. The van der Waals surface area contributed by atoms with Gasteiger partial charge in [-0.3, -0.25) is 0 Å². The average molecular weight is 286 g/mol. The summed E-state index contributed by atoms with van der Waals surface area (Å²) in [5.41, 5.74) is 8.46. The third kappa shape index (κ3) is 4.30. The number of nitrogens with two attached hydrogens (primary N) is 1. The van der Waals surface area contributed by atoms with E-state index in [2.05, 4.69) is 24.0 Å². The predicted octanol–water partition coefficient (Wildman–Crippen LogP) is 4.09. The second-order valence-corrected chi connectivity index (χ2v) is 5.24. The summed E-state index contributed by atoms with van der Waals surface area (Å²) in [5.74, 6) is -0.221. The molecular formula is C18H23FN2. The summed E-state index contributed by atoms with van der Waals surface area (Å²) in [6, 6.07) is 15.6. The summed E-state index contributed by atoms with van der Waals surface area (Å²) in [6.07, 6.45) is 2.29. The Kier molecular flexibility index (Phi) is 5.76. The minimum absolute atomic E-state index is 0.221. The lowest BCUT2D eigenvalue weighted by Gasteiger charge is -2.25. The maximum Gasteiger partial charge on any atom is 0.127 e. The third-order valence-corrected chi connectivity index (χ3v) is 3.61. The number of hydrogen-bond acceptors (Lipinski definition) is 2. The Balaban J connectivity index is 2.18. The molecule has 112 valence electrons. The molecule has 0 fully saturated rings. The van der Waals surface area contributed by atoms with Crippen LogP contribution in [0.25, 0.3) is 0 Å². The van der Waals surface area contributed by atoms with Crippen molar-refractivity contribution in [1.29, 1.82) is 0 Å². The monoisotopic (exact) mass is 286 g/mol. The van der Waals surface area contributed by atoms with Crippen LogP contribution in [0, 0.1) is 5.82 Å². The van der Waals surface area contributed by atoms with Gasteiger partial charge in [0.05, 0.1) is 0 Å². The van der Waals surface area contributed by atoms with Crippen LogP contribution in [0.4, 0.5) is 10.1 Å². The van der Waals surface area contributed by atoms with Crippen LogP contribution in [-0.2, 0) is 13.1 Å². The van der Waals surface area contributed by atoms with Gasteiger partial charge >= 0.3 is 0 Å². The van der Waals surface area contributed by atoms with Crippen molar-refractivity contribution in [1.82, 2.24) is 0 Å². The van der Waals surface area contributed by atoms with Crippen LogP contribution in [0.5, 0.6) is 0 Å². The lowest BCUT2D eigenvalue weighted by Crippen LogP contribution is -2.24. The van der Waals surface area contributed by atoms with Crippen LogP contribution in [-0.4, -0.2) is 6.54 Å². The molecule has 0 spiro atoms. The van der Waals surface area contributed by atoms with Gasteiger partial charge in [-0.1, -0.05) is 37.6 Å². The predicted molar refractivity (Wildman–Crippen MR) is 86.7 cm³/mol. The Morgan fingerprint density at radius 3 is 2.52 bits per heavy atom. The summed E-state index contributed by atoms with van der Waals surface area (Å²) in [6.45, 7) is 4.20. The van der Waals surface area contributed by atoms with E-state index in [1.54, 1.807) is 0 Å². The molecule has 0 saturated heterocycles. The molecular weight excluding hydrogens is 263 g/mol. The van der Waals surface area contributed by atoms with Crippen molar-refractivity contribution in [3.05, 3.63) is 65.5 Å². The average Bonchev–Trinajstić information content (AvgIpc) is 2.53. The van der Waals surface area contributed by atoms with E-state index < -0.39 is 0 Å². The zero-order valence-electron chi connectivity index (χ0n) is 12.6. The van der Waals surface area contributed by atoms with Gasteiger partial charge in [-0.15, -0.1) is 0 Å². The fraction of sp³-hybridized carbons (Fsp3) is 0.333. The van der Waals surface area contributed by atoms with Crippen molar-refractivity contribution in [2.75, 3.05) is 11.4 Å². The molecule has 2 aromatic carbocycles. The van der Waals surface area contributed by atoms with Crippen molar-refractivity contribution >= 4 is 5.69 Å². The maximum absolute atomic E-state index is 13.5. The summed E-state index contributed by atoms with van der Waals surface area (Å²) in [7, 11) is 0. The first-order chi connectivity index (χ1) is 10.2. The van der Waals surface area contributed by atoms with Gasteiger partial charge in [-0.25, -0.2) is 4.39 Å². The molecule has 0 unspecified atom stereocenters. The molecule has 0 aromatic heterocycles. The van der Waals surface area contributed by atoms with Crippen molar-refractivity contribution in [2.45, 2.75) is 32.9 Å². The molecule has 0 aliphatic carbocycles. The Labute approximate surface area is 126 Å². The van der Waals surface area contributed by atoms with Crippen molar-refractivity contribution in [3.8, 4) is 0 Å². The normalized spacial score (nSPS) is 10.6. The molecule has 3 heteroatoms. The van der Waals surface area contributed by atoms with E-state index in [0.717, 1.165) is 31.5 Å². The zero-order valence-corrected chi connectivity index (χ0v) is 12.6. The second kappa shape index (κ2) is 7.79. The highest BCUT2D eigenvalue weighted by Crippen LogP contribution is 2.19. The highest BCUT2D eigenvalue weighted by Gasteiger charge is 2.08. The number of rotatable bonds is 7. The van der Waals surface area contributed by atoms with Gasteiger partial charge in [0.25, 0.3) is 0 Å². The first-order valence-corrected chi connectivity index (χ1v) is 7.52. The Hall–Kier alpha value is -1.87.